The summed E-state index contributed by atoms with van der Waals surface area (Å²) in [7, 11) is 3.59. The molecular weight excluding hydrogens is 423 g/mol. The Kier molecular flexibility index (Phi) is 10.8. The van der Waals surface area contributed by atoms with Crippen LogP contribution in [0.15, 0.2) is 22.5 Å². The Labute approximate surface area is 160 Å². The topological polar surface area (TPSA) is 48.9 Å². The lowest BCUT2D eigenvalue weighted by molar-refractivity contribution is 0.144. The summed E-state index contributed by atoms with van der Waals surface area (Å²) < 4.78 is 5.19. The van der Waals surface area contributed by atoms with Gasteiger partial charge >= 0.3 is 0 Å². The number of thiophene rings is 1. The zero-order valence-corrected chi connectivity index (χ0v) is 17.2. The zero-order valence-electron chi connectivity index (χ0n) is 14.1. The second-order valence-electron chi connectivity index (χ2n) is 5.52. The quantitative estimate of drug-likeness (QED) is 0.325. The first-order valence-electron chi connectivity index (χ1n) is 8.03. The van der Waals surface area contributed by atoms with Gasteiger partial charge in [-0.15, -0.1) is 35.3 Å². The molecule has 1 saturated carbocycles. The van der Waals surface area contributed by atoms with E-state index in [1.165, 1.54) is 17.7 Å². The Hall–Kier alpha value is -0.380. The zero-order chi connectivity index (χ0) is 15.6. The van der Waals surface area contributed by atoms with Crippen LogP contribution in [0.25, 0.3) is 0 Å². The molecule has 2 N–H and O–H groups in total. The molecule has 1 heterocycles. The summed E-state index contributed by atoms with van der Waals surface area (Å²) in [5, 5.41) is 8.89. The highest BCUT2D eigenvalue weighted by Crippen LogP contribution is 2.25. The van der Waals surface area contributed by atoms with E-state index in [9.17, 15) is 0 Å². The number of nitrogens with one attached hydrogen (secondary N) is 2. The van der Waals surface area contributed by atoms with Gasteiger partial charge in [0.25, 0.3) is 0 Å². The fourth-order valence-corrected chi connectivity index (χ4v) is 3.13. The molecule has 1 fully saturated rings. The summed E-state index contributed by atoms with van der Waals surface area (Å²) in [6.07, 6.45) is 3.70. The van der Waals surface area contributed by atoms with Gasteiger partial charge in [-0.05, 0) is 30.7 Å². The molecule has 0 atom stereocenters. The van der Waals surface area contributed by atoms with Gasteiger partial charge in [0.1, 0.15) is 0 Å². The van der Waals surface area contributed by atoms with Gasteiger partial charge < -0.3 is 15.4 Å². The van der Waals surface area contributed by atoms with E-state index >= 15 is 0 Å². The van der Waals surface area contributed by atoms with Crippen LogP contribution in [-0.2, 0) is 11.2 Å². The van der Waals surface area contributed by atoms with E-state index in [1.807, 2.05) is 7.05 Å². The van der Waals surface area contributed by atoms with Crippen molar-refractivity contribution >= 4 is 41.3 Å². The number of hydrogen-bond donors (Lipinski definition) is 2. The normalized spacial score (nSPS) is 14.7. The lowest BCUT2D eigenvalue weighted by atomic mass is 10.3. The number of halogens is 1. The average Bonchev–Trinajstić information content (AvgIpc) is 3.25. The van der Waals surface area contributed by atoms with Gasteiger partial charge in [0, 0.05) is 51.3 Å². The van der Waals surface area contributed by atoms with Crippen LogP contribution >= 0.6 is 35.3 Å². The molecule has 1 aromatic rings. The smallest absolute Gasteiger partial charge is 0.191 e. The van der Waals surface area contributed by atoms with Gasteiger partial charge in [0.05, 0.1) is 6.61 Å². The number of methoxy groups -OCH3 is 1. The van der Waals surface area contributed by atoms with Crippen molar-refractivity contribution < 1.29 is 4.74 Å². The molecule has 0 radical (unpaired) electrons. The Morgan fingerprint density at radius 1 is 1.35 bits per heavy atom. The first-order valence-corrected chi connectivity index (χ1v) is 8.91. The molecule has 0 aliphatic heterocycles. The Bertz CT molecular complexity index is 437. The molecule has 0 unspecified atom stereocenters. The first-order chi connectivity index (χ1) is 10.8. The van der Waals surface area contributed by atoms with Crippen molar-refractivity contribution in [3.8, 4) is 0 Å². The third-order valence-electron chi connectivity index (χ3n) is 3.80. The largest absolute Gasteiger partial charge is 0.383 e. The van der Waals surface area contributed by atoms with Crippen LogP contribution in [0, 0.1) is 0 Å². The average molecular weight is 452 g/mol. The third-order valence-corrected chi connectivity index (χ3v) is 4.74. The van der Waals surface area contributed by atoms with Gasteiger partial charge in [0.15, 0.2) is 5.96 Å². The molecule has 1 aliphatic rings. The van der Waals surface area contributed by atoms with E-state index in [1.54, 1.807) is 18.4 Å². The van der Waals surface area contributed by atoms with Crippen LogP contribution in [0.5, 0.6) is 0 Å². The molecule has 23 heavy (non-hydrogen) atoms. The molecule has 1 aliphatic carbocycles. The summed E-state index contributed by atoms with van der Waals surface area (Å²) in [5.41, 5.74) is 0. The maximum absolute atomic E-state index is 5.19. The minimum atomic E-state index is 0. The van der Waals surface area contributed by atoms with Crippen molar-refractivity contribution in [1.82, 2.24) is 15.5 Å². The van der Waals surface area contributed by atoms with E-state index in [2.05, 4.69) is 38.0 Å². The monoisotopic (exact) mass is 452 g/mol. The number of rotatable bonds is 10. The van der Waals surface area contributed by atoms with Crippen LogP contribution in [0.2, 0.25) is 0 Å². The SMILES string of the molecule is CN=C(NCCc1cccs1)NCCN(CCOC)C1CC1.I. The van der Waals surface area contributed by atoms with Crippen molar-refractivity contribution in [3.63, 3.8) is 0 Å². The van der Waals surface area contributed by atoms with Crippen molar-refractivity contribution in [1.29, 1.82) is 0 Å². The van der Waals surface area contributed by atoms with E-state index in [-0.39, 0.29) is 24.0 Å². The van der Waals surface area contributed by atoms with Crippen molar-refractivity contribution in [3.05, 3.63) is 22.4 Å². The molecule has 132 valence electrons. The van der Waals surface area contributed by atoms with Gasteiger partial charge in [-0.2, -0.15) is 0 Å². The lowest BCUT2D eigenvalue weighted by Crippen LogP contribution is -2.43. The van der Waals surface area contributed by atoms with E-state index in [0.29, 0.717) is 0 Å². The van der Waals surface area contributed by atoms with Gasteiger partial charge in [-0.25, -0.2) is 0 Å². The maximum atomic E-state index is 5.19. The minimum Gasteiger partial charge on any atom is -0.383 e. The standard InChI is InChI=1S/C16H28N4OS.HI/c1-17-16(18-8-7-15-4-3-13-22-15)19-9-10-20(11-12-21-2)14-5-6-14;/h3-4,13-14H,5-12H2,1-2H3,(H2,17,18,19);1H. The van der Waals surface area contributed by atoms with E-state index < -0.39 is 0 Å². The van der Waals surface area contributed by atoms with Crippen molar-refractivity contribution in [2.24, 2.45) is 4.99 Å². The molecule has 0 aromatic carbocycles. The summed E-state index contributed by atoms with van der Waals surface area (Å²) in [6, 6.07) is 5.04. The fraction of sp³-hybridized carbons (Fsp3) is 0.688. The number of hydrogen-bond acceptors (Lipinski definition) is 4. The molecule has 0 saturated heterocycles. The second kappa shape index (κ2) is 12.0. The van der Waals surface area contributed by atoms with Crippen LogP contribution in [0.4, 0.5) is 0 Å². The lowest BCUT2D eigenvalue weighted by Gasteiger charge is -2.22. The molecular formula is C16H29IN4OS. The Morgan fingerprint density at radius 2 is 2.13 bits per heavy atom. The number of ether oxygens (including phenoxy) is 1. The summed E-state index contributed by atoms with van der Waals surface area (Å²) >= 11 is 1.80. The second-order valence-corrected chi connectivity index (χ2v) is 6.55. The Morgan fingerprint density at radius 3 is 2.74 bits per heavy atom. The van der Waals surface area contributed by atoms with Crippen LogP contribution in [0.3, 0.4) is 0 Å². The van der Waals surface area contributed by atoms with Gasteiger partial charge in [-0.3, -0.25) is 9.89 Å². The summed E-state index contributed by atoms with van der Waals surface area (Å²) in [5.74, 6) is 0.888. The minimum absolute atomic E-state index is 0. The molecule has 1 aromatic heterocycles. The number of nitrogens with zero attached hydrogens (tertiary/aromatic N) is 2. The van der Waals surface area contributed by atoms with Crippen LogP contribution in [-0.4, -0.2) is 63.8 Å². The molecule has 0 spiro atoms. The van der Waals surface area contributed by atoms with Gasteiger partial charge in [0.2, 0.25) is 0 Å². The molecule has 0 amide bonds. The molecule has 0 bridgehead atoms. The van der Waals surface area contributed by atoms with Crippen molar-refractivity contribution in [2.45, 2.75) is 25.3 Å². The highest BCUT2D eigenvalue weighted by molar-refractivity contribution is 14.0. The molecule has 2 rings (SSSR count). The fourth-order valence-electron chi connectivity index (χ4n) is 2.42. The Balaban J connectivity index is 0.00000264. The predicted molar refractivity (Wildman–Crippen MR) is 109 cm³/mol. The maximum Gasteiger partial charge on any atom is 0.191 e. The highest BCUT2D eigenvalue weighted by Gasteiger charge is 2.28. The number of guanidine groups is 1. The van der Waals surface area contributed by atoms with E-state index in [4.69, 9.17) is 4.74 Å². The first kappa shape index (κ1) is 20.7. The predicted octanol–water partition coefficient (Wildman–Crippen LogP) is 2.18. The summed E-state index contributed by atoms with van der Waals surface area (Å²) in [6.45, 7) is 4.70. The molecule has 7 heteroatoms. The third kappa shape index (κ3) is 8.32. The van der Waals surface area contributed by atoms with Gasteiger partial charge in [-0.1, -0.05) is 6.07 Å². The number of aliphatic imine (C=N–C) groups is 1. The summed E-state index contributed by atoms with van der Waals surface area (Å²) in [4.78, 5) is 8.20. The van der Waals surface area contributed by atoms with Crippen LogP contribution < -0.4 is 10.6 Å². The highest BCUT2D eigenvalue weighted by atomic mass is 127. The van der Waals surface area contributed by atoms with Crippen molar-refractivity contribution in [2.75, 3.05) is 46.9 Å². The van der Waals surface area contributed by atoms with E-state index in [0.717, 1.165) is 51.2 Å². The van der Waals surface area contributed by atoms with Crippen LogP contribution in [0.1, 0.15) is 17.7 Å². The molecule has 5 nitrogen and oxygen atoms in total.